The Kier molecular flexibility index (Phi) is 4.32. The molecule has 2 aromatic rings. The highest BCUT2D eigenvalue weighted by Gasteiger charge is 2.10. The van der Waals surface area contributed by atoms with Crippen LogP contribution >= 0.6 is 11.6 Å². The van der Waals surface area contributed by atoms with Crippen LogP contribution in [0.5, 0.6) is 5.75 Å². The Hall–Kier alpha value is -2.40. The van der Waals surface area contributed by atoms with Gasteiger partial charge in [0.05, 0.1) is 15.5 Å². The predicted octanol–water partition coefficient (Wildman–Crippen LogP) is 3.64. The molecule has 5 nitrogen and oxygen atoms in total. The van der Waals surface area contributed by atoms with E-state index in [0.717, 1.165) is 0 Å². The van der Waals surface area contributed by atoms with Crippen LogP contribution in [0.15, 0.2) is 42.5 Å². The fourth-order valence-electron chi connectivity index (χ4n) is 1.63. The first-order chi connectivity index (χ1) is 9.61. The number of hydrogen-bond acceptors (Lipinski definition) is 4. The summed E-state index contributed by atoms with van der Waals surface area (Å²) in [5, 5.41) is 10.9. The Morgan fingerprint density at radius 2 is 2.00 bits per heavy atom. The van der Waals surface area contributed by atoms with Crippen molar-refractivity contribution in [2.75, 3.05) is 0 Å². The molecule has 102 valence electrons. The molecule has 0 unspecified atom stereocenters. The van der Waals surface area contributed by atoms with Crippen molar-refractivity contribution in [1.29, 1.82) is 0 Å². The zero-order valence-electron chi connectivity index (χ0n) is 10.3. The molecule has 0 aromatic heterocycles. The molecule has 0 aliphatic carbocycles. The van der Waals surface area contributed by atoms with E-state index in [-0.39, 0.29) is 17.3 Å². The summed E-state index contributed by atoms with van der Waals surface area (Å²) in [6, 6.07) is 10.9. The third-order valence-corrected chi connectivity index (χ3v) is 3.03. The third-order valence-electron chi connectivity index (χ3n) is 2.68. The first-order valence-electron chi connectivity index (χ1n) is 5.71. The van der Waals surface area contributed by atoms with Crippen molar-refractivity contribution in [2.45, 2.75) is 6.61 Å². The van der Waals surface area contributed by atoms with Crippen molar-refractivity contribution < 1.29 is 14.5 Å². The molecule has 6 heteroatoms. The summed E-state index contributed by atoms with van der Waals surface area (Å²) in [5.41, 5.74) is 0.968. The summed E-state index contributed by atoms with van der Waals surface area (Å²) in [5.74, 6) is 0.442. The van der Waals surface area contributed by atoms with Gasteiger partial charge in [0.1, 0.15) is 12.4 Å². The third kappa shape index (κ3) is 3.13. The van der Waals surface area contributed by atoms with E-state index >= 15 is 0 Å². The summed E-state index contributed by atoms with van der Waals surface area (Å²) in [4.78, 5) is 20.9. The Balaban J connectivity index is 2.15. The summed E-state index contributed by atoms with van der Waals surface area (Å²) in [6.45, 7) is 0.127. The van der Waals surface area contributed by atoms with Gasteiger partial charge in [-0.05, 0) is 18.2 Å². The fourth-order valence-corrected chi connectivity index (χ4v) is 1.86. The van der Waals surface area contributed by atoms with Crippen LogP contribution < -0.4 is 4.74 Å². The van der Waals surface area contributed by atoms with Gasteiger partial charge in [-0.2, -0.15) is 0 Å². The van der Waals surface area contributed by atoms with Crippen molar-refractivity contribution in [1.82, 2.24) is 0 Å². The molecular formula is C14H10ClNO4. The van der Waals surface area contributed by atoms with Gasteiger partial charge in [0, 0.05) is 17.7 Å². The second-order valence-electron chi connectivity index (χ2n) is 3.98. The van der Waals surface area contributed by atoms with Gasteiger partial charge in [-0.1, -0.05) is 23.7 Å². The first kappa shape index (κ1) is 14.0. The summed E-state index contributed by atoms with van der Waals surface area (Å²) < 4.78 is 5.51. The number of rotatable bonds is 5. The SMILES string of the molecule is O=Cc1ccccc1OCc1ccc([N+](=O)[O-])cc1Cl. The molecule has 0 saturated heterocycles. The number of nitro groups is 1. The van der Waals surface area contributed by atoms with E-state index in [2.05, 4.69) is 0 Å². The zero-order chi connectivity index (χ0) is 14.5. The van der Waals surface area contributed by atoms with Crippen molar-refractivity contribution in [3.8, 4) is 5.75 Å². The summed E-state index contributed by atoms with van der Waals surface area (Å²) >= 11 is 5.96. The molecule has 0 N–H and O–H groups in total. The number of ether oxygens (including phenoxy) is 1. The van der Waals surface area contributed by atoms with E-state index in [1.165, 1.54) is 18.2 Å². The van der Waals surface area contributed by atoms with Gasteiger partial charge >= 0.3 is 0 Å². The molecule has 0 bridgehead atoms. The number of benzene rings is 2. The second kappa shape index (κ2) is 6.16. The molecule has 0 spiro atoms. The molecular weight excluding hydrogens is 282 g/mol. The Bertz CT molecular complexity index is 657. The Morgan fingerprint density at radius 1 is 1.25 bits per heavy atom. The van der Waals surface area contributed by atoms with E-state index in [1.54, 1.807) is 24.3 Å². The van der Waals surface area contributed by atoms with Crippen LogP contribution in [0, 0.1) is 10.1 Å². The lowest BCUT2D eigenvalue weighted by Gasteiger charge is -2.09. The lowest BCUT2D eigenvalue weighted by molar-refractivity contribution is -0.384. The van der Waals surface area contributed by atoms with Gasteiger partial charge in [-0.15, -0.1) is 0 Å². The minimum atomic E-state index is -0.516. The molecule has 0 aliphatic rings. The van der Waals surface area contributed by atoms with Gasteiger partial charge in [0.25, 0.3) is 5.69 Å². The molecule has 0 atom stereocenters. The molecule has 0 amide bonds. The number of para-hydroxylation sites is 1. The standard InChI is InChI=1S/C14H10ClNO4/c15-13-7-12(16(18)19)6-5-11(13)9-20-14-4-2-1-3-10(14)8-17/h1-8H,9H2. The maximum Gasteiger partial charge on any atom is 0.270 e. The average molecular weight is 292 g/mol. The lowest BCUT2D eigenvalue weighted by Crippen LogP contribution is -1.99. The summed E-state index contributed by atoms with van der Waals surface area (Å²) in [7, 11) is 0. The molecule has 20 heavy (non-hydrogen) atoms. The lowest BCUT2D eigenvalue weighted by atomic mass is 10.2. The molecule has 0 fully saturated rings. The van der Waals surface area contributed by atoms with Crippen LogP contribution in [0.4, 0.5) is 5.69 Å². The predicted molar refractivity (Wildman–Crippen MR) is 74.3 cm³/mol. The highest BCUT2D eigenvalue weighted by atomic mass is 35.5. The number of halogens is 1. The molecule has 0 saturated carbocycles. The molecule has 2 rings (SSSR count). The fraction of sp³-hybridized carbons (Fsp3) is 0.0714. The second-order valence-corrected chi connectivity index (χ2v) is 4.38. The molecule has 0 aliphatic heterocycles. The van der Waals surface area contributed by atoms with Gasteiger partial charge in [0.15, 0.2) is 6.29 Å². The average Bonchev–Trinajstić information content (AvgIpc) is 2.46. The Labute approximate surface area is 119 Å². The maximum absolute atomic E-state index is 10.8. The number of hydrogen-bond donors (Lipinski definition) is 0. The summed E-state index contributed by atoms with van der Waals surface area (Å²) in [6.07, 6.45) is 0.701. The van der Waals surface area contributed by atoms with Gasteiger partial charge in [0.2, 0.25) is 0 Å². The van der Waals surface area contributed by atoms with Crippen LogP contribution in [0.2, 0.25) is 5.02 Å². The molecule has 0 heterocycles. The maximum atomic E-state index is 10.8. The van der Waals surface area contributed by atoms with Crippen molar-refractivity contribution >= 4 is 23.6 Å². The van der Waals surface area contributed by atoms with Crippen LogP contribution in [-0.4, -0.2) is 11.2 Å². The molecule has 2 aromatic carbocycles. The zero-order valence-corrected chi connectivity index (χ0v) is 11.0. The Morgan fingerprint density at radius 3 is 2.65 bits per heavy atom. The number of carbonyl (C=O) groups is 1. The monoisotopic (exact) mass is 291 g/mol. The minimum absolute atomic E-state index is 0.0768. The number of non-ortho nitro benzene ring substituents is 1. The first-order valence-corrected chi connectivity index (χ1v) is 6.09. The van der Waals surface area contributed by atoms with E-state index < -0.39 is 4.92 Å². The minimum Gasteiger partial charge on any atom is -0.488 e. The van der Waals surface area contributed by atoms with Gasteiger partial charge in [-0.25, -0.2) is 0 Å². The quantitative estimate of drug-likeness (QED) is 0.479. The van der Waals surface area contributed by atoms with Crippen LogP contribution in [0.1, 0.15) is 15.9 Å². The van der Waals surface area contributed by atoms with Crippen LogP contribution in [-0.2, 0) is 6.61 Å². The van der Waals surface area contributed by atoms with E-state index in [1.807, 2.05) is 0 Å². The van der Waals surface area contributed by atoms with Crippen LogP contribution in [0.3, 0.4) is 0 Å². The topological polar surface area (TPSA) is 69.4 Å². The van der Waals surface area contributed by atoms with E-state index in [4.69, 9.17) is 16.3 Å². The number of aldehydes is 1. The largest absolute Gasteiger partial charge is 0.488 e. The van der Waals surface area contributed by atoms with E-state index in [0.29, 0.717) is 23.2 Å². The molecule has 0 radical (unpaired) electrons. The number of carbonyl (C=O) groups excluding carboxylic acids is 1. The highest BCUT2D eigenvalue weighted by Crippen LogP contribution is 2.24. The normalized spacial score (nSPS) is 10.1. The highest BCUT2D eigenvalue weighted by molar-refractivity contribution is 6.31. The smallest absolute Gasteiger partial charge is 0.270 e. The van der Waals surface area contributed by atoms with Crippen LogP contribution in [0.25, 0.3) is 0 Å². The number of nitro benzene ring substituents is 1. The van der Waals surface area contributed by atoms with Crippen molar-refractivity contribution in [2.24, 2.45) is 0 Å². The van der Waals surface area contributed by atoms with Gasteiger partial charge in [-0.3, -0.25) is 14.9 Å². The van der Waals surface area contributed by atoms with Crippen molar-refractivity contribution in [3.05, 3.63) is 68.7 Å². The van der Waals surface area contributed by atoms with Gasteiger partial charge < -0.3 is 4.74 Å². The number of nitrogens with zero attached hydrogens (tertiary/aromatic N) is 1. The van der Waals surface area contributed by atoms with E-state index in [9.17, 15) is 14.9 Å². The van der Waals surface area contributed by atoms with Crippen molar-refractivity contribution in [3.63, 3.8) is 0 Å².